The van der Waals surface area contributed by atoms with Crippen LogP contribution < -0.4 is 0 Å². The summed E-state index contributed by atoms with van der Waals surface area (Å²) < 4.78 is 237. The summed E-state index contributed by atoms with van der Waals surface area (Å²) in [6.45, 7) is 0. The van der Waals surface area contributed by atoms with Gasteiger partial charge in [0.25, 0.3) is 0 Å². The molecule has 0 saturated heterocycles. The molecule has 0 N–H and O–H groups in total. The van der Waals surface area contributed by atoms with Gasteiger partial charge >= 0.3 is 0 Å². The van der Waals surface area contributed by atoms with Gasteiger partial charge in [0.05, 0.1) is 74.4 Å². The number of rotatable bonds is 4. The Morgan fingerprint density at radius 2 is 0.804 bits per heavy atom. The maximum absolute atomic E-state index is 10.1. The molecule has 238 valence electrons. The standard InChI is InChI=1S/C48H31N3/c1-2-14-32(15-3-1)35-16-4-9-21-42(35)51-46-25-13-8-20-39(46)41-31-34(27-29-48(41)51)50-45-24-12-7-19-38(45)40-30-33(26-28-47(40)50)49-43-22-10-5-17-36(43)37-18-6-11-23-44(37)49/h1-31H/i1D,2D,3D,5D,6D,7D,8D,10D,11D,12D,13D,14D,15D,17D,18D,19D,20D,22D,23D,24D,25D,26D,27D,28D,29D,31D. The molecule has 11 rings (SSSR count). The van der Waals surface area contributed by atoms with Gasteiger partial charge in [0, 0.05) is 49.3 Å². The zero-order valence-electron chi connectivity index (χ0n) is 51.7. The molecule has 11 aromatic rings. The molecule has 3 heteroatoms. The Morgan fingerprint density at radius 3 is 1.45 bits per heavy atom. The van der Waals surface area contributed by atoms with E-state index in [1.807, 2.05) is 0 Å². The zero-order valence-corrected chi connectivity index (χ0v) is 25.7. The van der Waals surface area contributed by atoms with Crippen LogP contribution in [0.3, 0.4) is 0 Å². The highest BCUT2D eigenvalue weighted by Gasteiger charge is 2.19. The molecule has 3 heterocycles. The van der Waals surface area contributed by atoms with Crippen molar-refractivity contribution in [3.63, 3.8) is 0 Å². The lowest BCUT2D eigenvalue weighted by Gasteiger charge is -2.14. The minimum Gasteiger partial charge on any atom is -0.309 e. The van der Waals surface area contributed by atoms with Crippen molar-refractivity contribution in [2.45, 2.75) is 0 Å². The lowest BCUT2D eigenvalue weighted by atomic mass is 10.0. The zero-order chi connectivity index (χ0) is 56.1. The van der Waals surface area contributed by atoms with Crippen LogP contribution >= 0.6 is 0 Å². The van der Waals surface area contributed by atoms with E-state index in [1.54, 1.807) is 0 Å². The molecule has 0 aliphatic heterocycles. The lowest BCUT2D eigenvalue weighted by molar-refractivity contribution is 1.16. The van der Waals surface area contributed by atoms with Crippen molar-refractivity contribution < 1.29 is 35.6 Å². The van der Waals surface area contributed by atoms with Crippen LogP contribution in [0.15, 0.2) is 187 Å². The van der Waals surface area contributed by atoms with Gasteiger partial charge in [-0.05, 0) is 72.1 Å². The van der Waals surface area contributed by atoms with Crippen molar-refractivity contribution in [3.8, 4) is 28.2 Å². The first-order chi connectivity index (χ1) is 36.1. The van der Waals surface area contributed by atoms with Gasteiger partial charge in [0.1, 0.15) is 0 Å². The Hall–Kier alpha value is -6.84. The fraction of sp³-hybridized carbons (Fsp3) is 0. The average Bonchev–Trinajstić information content (AvgIpc) is 4.29. The van der Waals surface area contributed by atoms with Crippen LogP contribution in [-0.4, -0.2) is 13.7 Å². The van der Waals surface area contributed by atoms with Crippen LogP contribution in [0, 0.1) is 0 Å². The summed E-state index contributed by atoms with van der Waals surface area (Å²) in [5.41, 5.74) is -4.33. The molecule has 0 bridgehead atoms. The van der Waals surface area contributed by atoms with E-state index in [1.165, 1.54) is 24.3 Å². The smallest absolute Gasteiger partial charge is 0.0652 e. The lowest BCUT2D eigenvalue weighted by Crippen LogP contribution is -1.98. The second-order valence-electron chi connectivity index (χ2n) is 11.4. The maximum Gasteiger partial charge on any atom is 0.0652 e. The van der Waals surface area contributed by atoms with Gasteiger partial charge in [-0.25, -0.2) is 0 Å². The van der Waals surface area contributed by atoms with Crippen molar-refractivity contribution in [2.24, 2.45) is 0 Å². The van der Waals surface area contributed by atoms with Crippen LogP contribution in [0.4, 0.5) is 0 Å². The molecule has 3 nitrogen and oxygen atoms in total. The van der Waals surface area contributed by atoms with Gasteiger partial charge in [-0.1, -0.05) is 121 Å². The summed E-state index contributed by atoms with van der Waals surface area (Å²) in [4.78, 5) is 0. The summed E-state index contributed by atoms with van der Waals surface area (Å²) in [6.07, 6.45) is 0. The number of fused-ring (bicyclic) bond motifs is 9. The number of aromatic nitrogens is 3. The summed E-state index contributed by atoms with van der Waals surface area (Å²) in [5, 5.41) is -2.27. The number of nitrogens with zero attached hydrogens (tertiary/aromatic N) is 3. The van der Waals surface area contributed by atoms with Crippen molar-refractivity contribution in [1.29, 1.82) is 0 Å². The van der Waals surface area contributed by atoms with Crippen LogP contribution in [0.2, 0.25) is 0 Å². The highest BCUT2D eigenvalue weighted by atomic mass is 15.0. The van der Waals surface area contributed by atoms with E-state index < -0.39 is 212 Å². The molecular weight excluding hydrogens is 619 g/mol. The van der Waals surface area contributed by atoms with Gasteiger partial charge in [0.15, 0.2) is 0 Å². The second kappa shape index (κ2) is 10.8. The van der Waals surface area contributed by atoms with E-state index in [2.05, 4.69) is 0 Å². The normalized spacial score (nSPS) is 19.1. The number of para-hydroxylation sites is 5. The highest BCUT2D eigenvalue weighted by molar-refractivity contribution is 6.14. The summed E-state index contributed by atoms with van der Waals surface area (Å²) in [7, 11) is 0. The highest BCUT2D eigenvalue weighted by Crippen LogP contribution is 2.40. The molecule has 3 aromatic heterocycles. The summed E-state index contributed by atoms with van der Waals surface area (Å²) in [5.74, 6) is 0. The fourth-order valence-corrected chi connectivity index (χ4v) is 6.71. The predicted octanol–water partition coefficient (Wildman–Crippen LogP) is 12.6. The maximum atomic E-state index is 10.1. The first-order valence-electron chi connectivity index (χ1n) is 28.4. The molecule has 0 atom stereocenters. The second-order valence-corrected chi connectivity index (χ2v) is 11.4. The van der Waals surface area contributed by atoms with E-state index in [9.17, 15) is 12.3 Å². The molecule has 0 amide bonds. The Morgan fingerprint density at radius 1 is 0.353 bits per heavy atom. The topological polar surface area (TPSA) is 14.8 Å². The van der Waals surface area contributed by atoms with E-state index in [4.69, 9.17) is 23.3 Å². The van der Waals surface area contributed by atoms with E-state index in [0.717, 1.165) is 19.8 Å². The molecule has 0 saturated carbocycles. The van der Waals surface area contributed by atoms with Gasteiger partial charge in [0.2, 0.25) is 0 Å². The van der Waals surface area contributed by atoms with Gasteiger partial charge in [-0.15, -0.1) is 0 Å². The average molecular weight is 676 g/mol. The quantitative estimate of drug-likeness (QED) is 0.176. The van der Waals surface area contributed by atoms with Gasteiger partial charge in [-0.2, -0.15) is 0 Å². The number of benzene rings is 8. The molecule has 0 spiro atoms. The molecule has 0 fully saturated rings. The minimum absolute atomic E-state index is 0.0809. The van der Waals surface area contributed by atoms with Gasteiger partial charge in [-0.3, -0.25) is 0 Å². The van der Waals surface area contributed by atoms with E-state index in [-0.39, 0.29) is 38.5 Å². The largest absolute Gasteiger partial charge is 0.309 e. The van der Waals surface area contributed by atoms with E-state index in [0.29, 0.717) is 0 Å². The van der Waals surface area contributed by atoms with Crippen molar-refractivity contribution in [2.75, 3.05) is 0 Å². The van der Waals surface area contributed by atoms with Crippen LogP contribution in [0.25, 0.3) is 93.6 Å². The third-order valence-electron chi connectivity index (χ3n) is 8.79. The minimum atomic E-state index is -0.891. The molecule has 0 unspecified atom stereocenters. The summed E-state index contributed by atoms with van der Waals surface area (Å²) in [6, 6.07) is -13.0. The molecule has 8 aromatic carbocycles. The fourth-order valence-electron chi connectivity index (χ4n) is 6.71. The van der Waals surface area contributed by atoms with E-state index >= 15 is 0 Å². The Balaban J connectivity index is 1.35. The molecular formula is C48H31N3. The molecule has 0 aliphatic rings. The number of hydrogen-bond donors (Lipinski definition) is 0. The first kappa shape index (κ1) is 12.8. The van der Waals surface area contributed by atoms with Crippen molar-refractivity contribution in [1.82, 2.24) is 13.7 Å². The molecule has 0 radical (unpaired) electrons. The Bertz CT molecular complexity index is 4540. The monoisotopic (exact) mass is 675 g/mol. The van der Waals surface area contributed by atoms with Crippen LogP contribution in [0.1, 0.15) is 35.6 Å². The third kappa shape index (κ3) is 4.06. The third-order valence-corrected chi connectivity index (χ3v) is 8.79. The van der Waals surface area contributed by atoms with Crippen molar-refractivity contribution in [3.05, 3.63) is 187 Å². The first-order valence-corrected chi connectivity index (χ1v) is 15.4. The SMILES string of the molecule is [2H]c1c([2H])c([2H])c(-c2ccccc2-n2c3c([2H])c([2H])c([2H])c([2H])c3c3c([2H])c(-n4c5c([2H])c([2H])c(-n6c7c([2H])c([2H])c([2H])c([2H])c7c7c([2H])c([2H])c([2H])c([2H])c76)cc5c5c([2H])c([2H])c([2H])c([2H])c54)c([2H])c([2H])c32)c([2H])c1[2H]. The van der Waals surface area contributed by atoms with Crippen LogP contribution in [0.5, 0.6) is 0 Å². The predicted molar refractivity (Wildman–Crippen MR) is 215 cm³/mol. The number of hydrogen-bond acceptors (Lipinski definition) is 0. The van der Waals surface area contributed by atoms with Crippen molar-refractivity contribution >= 4 is 65.4 Å². The molecule has 0 aliphatic carbocycles. The summed E-state index contributed by atoms with van der Waals surface area (Å²) >= 11 is 0. The molecule has 51 heavy (non-hydrogen) atoms. The van der Waals surface area contributed by atoms with Crippen LogP contribution in [-0.2, 0) is 0 Å². The Kier molecular flexibility index (Phi) is 2.72. The Labute approximate surface area is 331 Å². The van der Waals surface area contributed by atoms with Gasteiger partial charge < -0.3 is 13.7 Å².